The standard InChI is InChI=1S/C27H36ClFN4O2/c1-27-11-10-18(28)12-21(27)26(20-6-4-5-7-22(20)29)32-16-25-31-15-24(33(25)27)30-14-17-8-9-19(34-2)13-23(17)35-3/h4-9,13,18,21,24-26,30-32H,10-12,14-16H2,1-3H3. The smallest absolute Gasteiger partial charge is 0.127 e. The summed E-state index contributed by atoms with van der Waals surface area (Å²) in [4.78, 5) is 2.60. The van der Waals surface area contributed by atoms with Crippen LogP contribution in [0.15, 0.2) is 42.5 Å². The highest BCUT2D eigenvalue weighted by atomic mass is 35.5. The van der Waals surface area contributed by atoms with Crippen LogP contribution in [-0.2, 0) is 6.54 Å². The van der Waals surface area contributed by atoms with Gasteiger partial charge >= 0.3 is 0 Å². The van der Waals surface area contributed by atoms with Gasteiger partial charge in [-0.1, -0.05) is 24.3 Å². The minimum absolute atomic E-state index is 0.0857. The van der Waals surface area contributed by atoms with Crippen molar-refractivity contribution in [1.29, 1.82) is 0 Å². The lowest BCUT2D eigenvalue weighted by molar-refractivity contribution is -0.0249. The predicted octanol–water partition coefficient (Wildman–Crippen LogP) is 4.00. The Morgan fingerprint density at radius 1 is 1.14 bits per heavy atom. The SMILES string of the molecule is COc1ccc(CNC2CNC3CNC(c4ccccc4F)C4CC(Cl)CCC4(C)N32)c(OC)c1. The van der Waals surface area contributed by atoms with E-state index in [0.717, 1.165) is 55.0 Å². The number of fused-ring (bicyclic) bond motifs is 3. The van der Waals surface area contributed by atoms with E-state index in [9.17, 15) is 4.39 Å². The average molecular weight is 503 g/mol. The van der Waals surface area contributed by atoms with Crippen molar-refractivity contribution in [1.82, 2.24) is 20.9 Å². The molecule has 2 aliphatic heterocycles. The monoisotopic (exact) mass is 502 g/mol. The van der Waals surface area contributed by atoms with Crippen LogP contribution < -0.4 is 25.4 Å². The second-order valence-corrected chi connectivity index (χ2v) is 10.8. The summed E-state index contributed by atoms with van der Waals surface area (Å²) in [5.74, 6) is 1.61. The molecular formula is C27H36ClFN4O2. The highest BCUT2D eigenvalue weighted by Crippen LogP contribution is 2.49. The van der Waals surface area contributed by atoms with Crippen LogP contribution in [0.2, 0.25) is 0 Å². The van der Waals surface area contributed by atoms with E-state index in [4.69, 9.17) is 21.1 Å². The van der Waals surface area contributed by atoms with Crippen molar-refractivity contribution < 1.29 is 13.9 Å². The first-order chi connectivity index (χ1) is 16.9. The molecule has 35 heavy (non-hydrogen) atoms. The van der Waals surface area contributed by atoms with Crippen molar-refractivity contribution >= 4 is 11.6 Å². The molecular weight excluding hydrogens is 467 g/mol. The van der Waals surface area contributed by atoms with Crippen LogP contribution in [0.25, 0.3) is 0 Å². The summed E-state index contributed by atoms with van der Waals surface area (Å²) in [6.45, 7) is 4.60. The summed E-state index contributed by atoms with van der Waals surface area (Å²) in [5.41, 5.74) is 1.68. The number of halogens is 2. The van der Waals surface area contributed by atoms with Gasteiger partial charge in [-0.3, -0.25) is 15.5 Å². The zero-order chi connectivity index (χ0) is 24.6. The van der Waals surface area contributed by atoms with Crippen molar-refractivity contribution in [2.24, 2.45) is 5.92 Å². The number of methoxy groups -OCH3 is 2. The summed E-state index contributed by atoms with van der Waals surface area (Å²) in [6.07, 6.45) is 3.07. The molecule has 3 aliphatic rings. The van der Waals surface area contributed by atoms with E-state index < -0.39 is 0 Å². The first-order valence-electron chi connectivity index (χ1n) is 12.5. The molecule has 6 nitrogen and oxygen atoms in total. The fourth-order valence-electron chi connectivity index (χ4n) is 6.47. The van der Waals surface area contributed by atoms with Crippen LogP contribution in [0.3, 0.4) is 0 Å². The fraction of sp³-hybridized carbons (Fsp3) is 0.556. The predicted molar refractivity (Wildman–Crippen MR) is 136 cm³/mol. The molecule has 2 saturated heterocycles. The molecule has 2 aromatic rings. The minimum atomic E-state index is -0.152. The van der Waals surface area contributed by atoms with Gasteiger partial charge in [-0.15, -0.1) is 11.6 Å². The van der Waals surface area contributed by atoms with E-state index >= 15 is 0 Å². The van der Waals surface area contributed by atoms with E-state index in [-0.39, 0.29) is 41.0 Å². The third-order valence-electron chi connectivity index (χ3n) is 8.28. The molecule has 0 spiro atoms. The first kappa shape index (κ1) is 24.8. The summed E-state index contributed by atoms with van der Waals surface area (Å²) in [6, 6.07) is 13.0. The molecule has 8 heteroatoms. The summed E-state index contributed by atoms with van der Waals surface area (Å²) < 4.78 is 25.9. The van der Waals surface area contributed by atoms with E-state index in [2.05, 4.69) is 27.8 Å². The number of alkyl halides is 1. The van der Waals surface area contributed by atoms with E-state index in [1.165, 1.54) is 0 Å². The van der Waals surface area contributed by atoms with E-state index in [1.807, 2.05) is 30.3 Å². The highest BCUT2D eigenvalue weighted by Gasteiger charge is 2.55. The van der Waals surface area contributed by atoms with Crippen LogP contribution in [-0.4, -0.2) is 55.5 Å². The summed E-state index contributed by atoms with van der Waals surface area (Å²) in [5, 5.41) is 11.3. The maximum atomic E-state index is 15.0. The Kier molecular flexibility index (Phi) is 7.24. The molecule has 6 unspecified atom stereocenters. The van der Waals surface area contributed by atoms with Crippen molar-refractivity contribution in [3.8, 4) is 11.5 Å². The molecule has 3 fully saturated rings. The van der Waals surface area contributed by atoms with Gasteiger partial charge in [0.05, 0.1) is 26.6 Å². The van der Waals surface area contributed by atoms with Gasteiger partial charge in [-0.05, 0) is 44.2 Å². The number of benzene rings is 2. The third kappa shape index (κ3) is 4.65. The number of hydrogen-bond donors (Lipinski definition) is 3. The average Bonchev–Trinajstić information content (AvgIpc) is 3.24. The second kappa shape index (κ2) is 10.2. The summed E-state index contributed by atoms with van der Waals surface area (Å²) in [7, 11) is 3.34. The maximum Gasteiger partial charge on any atom is 0.127 e. The molecule has 5 rings (SSSR count). The highest BCUT2D eigenvalue weighted by molar-refractivity contribution is 6.20. The van der Waals surface area contributed by atoms with Gasteiger partial charge in [0.1, 0.15) is 17.3 Å². The van der Waals surface area contributed by atoms with Gasteiger partial charge in [0, 0.05) is 53.8 Å². The molecule has 2 heterocycles. The number of hydrogen-bond acceptors (Lipinski definition) is 6. The van der Waals surface area contributed by atoms with Gasteiger partial charge in [0.15, 0.2) is 0 Å². The quantitative estimate of drug-likeness (QED) is 0.519. The molecule has 6 atom stereocenters. The number of rotatable bonds is 6. The van der Waals surface area contributed by atoms with Crippen molar-refractivity contribution in [3.63, 3.8) is 0 Å². The van der Waals surface area contributed by atoms with Gasteiger partial charge in [-0.25, -0.2) is 4.39 Å². The van der Waals surface area contributed by atoms with Crippen LogP contribution in [0.5, 0.6) is 11.5 Å². The zero-order valence-corrected chi connectivity index (χ0v) is 21.4. The second-order valence-electron chi connectivity index (χ2n) is 10.1. The van der Waals surface area contributed by atoms with Gasteiger partial charge in [0.25, 0.3) is 0 Å². The van der Waals surface area contributed by atoms with Crippen LogP contribution in [0.4, 0.5) is 4.39 Å². The Labute approximate surface area is 212 Å². The van der Waals surface area contributed by atoms with Crippen LogP contribution in [0, 0.1) is 11.7 Å². The third-order valence-corrected chi connectivity index (χ3v) is 8.67. The van der Waals surface area contributed by atoms with Crippen molar-refractivity contribution in [2.75, 3.05) is 27.3 Å². The van der Waals surface area contributed by atoms with Gasteiger partial charge in [-0.2, -0.15) is 0 Å². The largest absolute Gasteiger partial charge is 0.497 e. The van der Waals surface area contributed by atoms with Gasteiger partial charge < -0.3 is 14.8 Å². The number of nitrogens with zero attached hydrogens (tertiary/aromatic N) is 1. The lowest BCUT2D eigenvalue weighted by Crippen LogP contribution is -2.62. The Hall–Kier alpha value is -1.90. The first-order valence-corrected chi connectivity index (χ1v) is 13.0. The Morgan fingerprint density at radius 3 is 2.74 bits per heavy atom. The molecule has 0 amide bonds. The molecule has 2 aromatic carbocycles. The number of nitrogens with one attached hydrogen (secondary N) is 3. The molecule has 0 bridgehead atoms. The lowest BCUT2D eigenvalue weighted by atomic mass is 9.68. The Balaban J connectivity index is 1.42. The van der Waals surface area contributed by atoms with Crippen LogP contribution >= 0.6 is 11.6 Å². The summed E-state index contributed by atoms with van der Waals surface area (Å²) >= 11 is 6.73. The fourth-order valence-corrected chi connectivity index (χ4v) is 6.77. The minimum Gasteiger partial charge on any atom is -0.497 e. The number of ether oxygens (including phenoxy) is 2. The molecule has 1 saturated carbocycles. The Bertz CT molecular complexity index is 1040. The van der Waals surface area contributed by atoms with E-state index in [1.54, 1.807) is 26.4 Å². The van der Waals surface area contributed by atoms with Gasteiger partial charge in [0.2, 0.25) is 0 Å². The normalized spacial score (nSPS) is 33.0. The molecule has 0 radical (unpaired) electrons. The lowest BCUT2D eigenvalue weighted by Gasteiger charge is -2.52. The van der Waals surface area contributed by atoms with E-state index in [0.29, 0.717) is 6.54 Å². The maximum absolute atomic E-state index is 15.0. The molecule has 3 N–H and O–H groups in total. The van der Waals surface area contributed by atoms with Crippen LogP contribution in [0.1, 0.15) is 43.4 Å². The topological polar surface area (TPSA) is 57.8 Å². The van der Waals surface area contributed by atoms with Crippen molar-refractivity contribution in [3.05, 3.63) is 59.4 Å². The molecule has 1 aliphatic carbocycles. The molecule has 190 valence electrons. The zero-order valence-electron chi connectivity index (χ0n) is 20.7. The van der Waals surface area contributed by atoms with Crippen molar-refractivity contribution in [2.45, 2.75) is 62.0 Å². The Morgan fingerprint density at radius 2 is 1.97 bits per heavy atom. The molecule has 0 aromatic heterocycles.